The minimum Gasteiger partial charge on any atom is -0.481 e. The van der Waals surface area contributed by atoms with Crippen LogP contribution in [0.15, 0.2) is 40.3 Å². The maximum absolute atomic E-state index is 14.4. The highest BCUT2D eigenvalue weighted by Gasteiger charge is 2.35. The number of benzene rings is 1. The van der Waals surface area contributed by atoms with Crippen molar-refractivity contribution in [2.75, 3.05) is 32.8 Å². The van der Waals surface area contributed by atoms with Crippen LogP contribution in [0.5, 0.6) is 0 Å². The third-order valence-electron chi connectivity index (χ3n) is 12.3. The summed E-state index contributed by atoms with van der Waals surface area (Å²) < 4.78 is 0. The number of hydrogen-bond acceptors (Lipinski definition) is 16. The van der Waals surface area contributed by atoms with Gasteiger partial charge in [0, 0.05) is 25.9 Å². The zero-order valence-electron chi connectivity index (χ0n) is 47.9. The molecule has 0 aromatic heterocycles. The highest BCUT2D eigenvalue weighted by Crippen LogP contribution is 2.12. The number of amides is 9. The number of aliphatic carboxylic acids is 2. The fraction of sp³-hybridized carbons (Fsp3) is 0.635. The summed E-state index contributed by atoms with van der Waals surface area (Å²) in [6.45, 7) is 7.01. The lowest BCUT2D eigenvalue weighted by Crippen LogP contribution is -2.61. The molecule has 1 aromatic carbocycles. The second-order valence-corrected chi connectivity index (χ2v) is 20.6. The topological polar surface area (TPSA) is 538 Å². The van der Waals surface area contributed by atoms with E-state index < -0.39 is 145 Å². The van der Waals surface area contributed by atoms with Gasteiger partial charge in [0.1, 0.15) is 48.3 Å². The standard InChI is InChI=1S/C52H89N17O14/c1-28(2)23-36(43(75)61-26-40(71)62-34(18-19-41(72)73)46(78)65-35(50(82)83)15-9-10-20-53)67-49(81)39(27-70)69-48(80)38(25-31-13-7-6-8-14-31)68-45(77)33(17-12-22-60-52(57)58)63-44(76)32(16-11-21-59-51(55)56)64-47(79)37(24-29(3)4)66-42(74)30(5)54/h6-8,13-14,28-30,32-39,70H,9-12,15-27,53-54H2,1-5H3,(H,61,75)(H,62,71)(H,63,76)(H,64,79)(H,65,78)(H,66,74)(H,67,81)(H,68,77)(H,69,80)(H,72,73)(H,82,83)(H4,55,56,59)(H4,57,58,60)/t30-,32-,33-,34-,35-,36-,37-,38-,39-/m0/s1. The molecule has 9 amide bonds. The molecular weight excluding hydrogens is 1090 g/mol. The number of guanidine groups is 2. The second-order valence-electron chi connectivity index (χ2n) is 20.6. The van der Waals surface area contributed by atoms with Gasteiger partial charge in [0.05, 0.1) is 19.2 Å². The van der Waals surface area contributed by atoms with Crippen LogP contribution in [-0.4, -0.2) is 180 Å². The Morgan fingerprint density at radius 3 is 1.36 bits per heavy atom. The summed E-state index contributed by atoms with van der Waals surface area (Å²) in [7, 11) is 0. The van der Waals surface area contributed by atoms with E-state index >= 15 is 0 Å². The number of rotatable bonds is 41. The van der Waals surface area contributed by atoms with Crippen LogP contribution in [0.1, 0.15) is 111 Å². The first-order chi connectivity index (χ1) is 39.1. The van der Waals surface area contributed by atoms with Crippen molar-refractivity contribution < 1.29 is 68.1 Å². The number of carboxylic acids is 2. The molecule has 0 aliphatic heterocycles. The molecule has 0 bridgehead atoms. The van der Waals surface area contributed by atoms with E-state index in [-0.39, 0.29) is 94.8 Å². The number of nitrogens with two attached hydrogens (primary N) is 6. The van der Waals surface area contributed by atoms with Crippen molar-refractivity contribution in [3.8, 4) is 0 Å². The smallest absolute Gasteiger partial charge is 0.326 e. The van der Waals surface area contributed by atoms with Gasteiger partial charge in [-0.15, -0.1) is 0 Å². The van der Waals surface area contributed by atoms with Gasteiger partial charge in [0.25, 0.3) is 0 Å². The van der Waals surface area contributed by atoms with Crippen molar-refractivity contribution in [3.63, 3.8) is 0 Å². The van der Waals surface area contributed by atoms with Crippen molar-refractivity contribution >= 4 is 77.0 Å². The third kappa shape index (κ3) is 31.0. The molecule has 1 aromatic rings. The first-order valence-corrected chi connectivity index (χ1v) is 27.4. The molecule has 0 fully saturated rings. The first-order valence-electron chi connectivity index (χ1n) is 27.4. The number of nitrogens with one attached hydrogen (secondary N) is 9. The number of hydrogen-bond donors (Lipinski definition) is 18. The van der Waals surface area contributed by atoms with E-state index in [0.717, 1.165) is 0 Å². The quantitative estimate of drug-likeness (QED) is 0.0166. The van der Waals surface area contributed by atoms with Crippen LogP contribution in [0.2, 0.25) is 0 Å². The van der Waals surface area contributed by atoms with Gasteiger partial charge in [0.15, 0.2) is 11.9 Å². The molecular formula is C52H89N17O14. The number of unbranched alkanes of at least 4 members (excludes halogenated alkanes) is 1. The molecule has 24 N–H and O–H groups in total. The minimum atomic E-state index is -1.75. The van der Waals surface area contributed by atoms with E-state index in [1.807, 2.05) is 13.8 Å². The summed E-state index contributed by atoms with van der Waals surface area (Å²) in [5.74, 6) is -11.6. The molecule has 0 aliphatic carbocycles. The van der Waals surface area contributed by atoms with E-state index in [1.54, 1.807) is 44.2 Å². The maximum atomic E-state index is 14.4. The molecule has 0 aliphatic rings. The zero-order chi connectivity index (χ0) is 62.8. The van der Waals surface area contributed by atoms with E-state index in [4.69, 9.17) is 34.4 Å². The van der Waals surface area contributed by atoms with Crippen molar-refractivity contribution in [3.05, 3.63) is 35.9 Å². The lowest BCUT2D eigenvalue weighted by Gasteiger charge is -2.28. The normalized spacial score (nSPS) is 14.2. The van der Waals surface area contributed by atoms with Gasteiger partial charge in [-0.25, -0.2) is 4.79 Å². The SMILES string of the molecule is CC(C)C[C@H](NC(=O)[C@H](C)N)C(=O)N[C@@H](CCCN=C(N)N)C(=O)N[C@@H](CCCN=C(N)N)C(=O)N[C@@H](Cc1ccccc1)C(=O)N[C@@H](CO)C(=O)N[C@@H](CC(C)C)C(=O)NCC(=O)N[C@@H](CCC(=O)O)C(=O)N[C@@H](CCCCN)C(=O)O. The highest BCUT2D eigenvalue weighted by atomic mass is 16.4. The Hall–Kier alpha value is -8.19. The summed E-state index contributed by atoms with van der Waals surface area (Å²) in [4.78, 5) is 154. The van der Waals surface area contributed by atoms with Gasteiger partial charge in [-0.1, -0.05) is 58.0 Å². The van der Waals surface area contributed by atoms with Crippen LogP contribution >= 0.6 is 0 Å². The number of aliphatic hydroxyl groups is 1. The van der Waals surface area contributed by atoms with Crippen molar-refractivity contribution in [2.24, 2.45) is 56.2 Å². The molecule has 0 saturated carbocycles. The number of aliphatic imine (C=N–C) groups is 2. The largest absolute Gasteiger partial charge is 0.481 e. The highest BCUT2D eigenvalue weighted by molar-refractivity contribution is 5.98. The van der Waals surface area contributed by atoms with E-state index in [1.165, 1.54) is 6.92 Å². The Morgan fingerprint density at radius 1 is 0.494 bits per heavy atom. The average molecular weight is 1180 g/mol. The molecule has 466 valence electrons. The molecule has 9 atom stereocenters. The molecule has 31 heteroatoms. The Balaban J connectivity index is 3.52. The van der Waals surface area contributed by atoms with Crippen LogP contribution in [0, 0.1) is 11.8 Å². The van der Waals surface area contributed by atoms with Crippen LogP contribution in [0.4, 0.5) is 0 Å². The van der Waals surface area contributed by atoms with Gasteiger partial charge in [0.2, 0.25) is 53.2 Å². The number of carbonyl (C=O) groups excluding carboxylic acids is 9. The van der Waals surface area contributed by atoms with Gasteiger partial charge in [-0.2, -0.15) is 0 Å². The number of aliphatic hydroxyl groups excluding tert-OH is 1. The number of carboxylic acid groups (broad SMARTS) is 2. The van der Waals surface area contributed by atoms with E-state index in [0.29, 0.717) is 18.4 Å². The molecule has 0 heterocycles. The van der Waals surface area contributed by atoms with E-state index in [2.05, 4.69) is 57.8 Å². The van der Waals surface area contributed by atoms with Crippen LogP contribution in [-0.2, 0) is 59.2 Å². The Labute approximate surface area is 482 Å². The van der Waals surface area contributed by atoms with Gasteiger partial charge in [-0.05, 0) is 95.1 Å². The number of nitrogens with zero attached hydrogens (tertiary/aromatic N) is 2. The summed E-state index contributed by atoms with van der Waals surface area (Å²) in [5, 5.41) is 51.8. The Kier molecular flexibility index (Phi) is 34.5. The fourth-order valence-electron chi connectivity index (χ4n) is 7.96. The third-order valence-corrected chi connectivity index (χ3v) is 12.3. The Morgan fingerprint density at radius 2 is 0.904 bits per heavy atom. The second kappa shape index (κ2) is 39.3. The molecule has 1 rings (SSSR count). The maximum Gasteiger partial charge on any atom is 0.326 e. The molecule has 31 nitrogen and oxygen atoms in total. The van der Waals surface area contributed by atoms with Gasteiger partial charge >= 0.3 is 11.9 Å². The summed E-state index contributed by atoms with van der Waals surface area (Å²) in [6.07, 6.45) is -0.196. The average Bonchev–Trinajstić information content (AvgIpc) is 3.44. The first kappa shape index (κ1) is 72.8. The Bertz CT molecular complexity index is 2350. The molecule has 0 spiro atoms. The predicted molar refractivity (Wildman–Crippen MR) is 305 cm³/mol. The fourth-order valence-corrected chi connectivity index (χ4v) is 7.96. The van der Waals surface area contributed by atoms with Crippen LogP contribution < -0.4 is 82.3 Å². The lowest BCUT2D eigenvalue weighted by molar-refractivity contribution is -0.143. The van der Waals surface area contributed by atoms with Crippen LogP contribution in [0.3, 0.4) is 0 Å². The minimum absolute atomic E-state index is 0.00190. The predicted octanol–water partition coefficient (Wildman–Crippen LogP) is -5.16. The van der Waals surface area contributed by atoms with Crippen molar-refractivity contribution in [2.45, 2.75) is 166 Å². The molecule has 0 saturated heterocycles. The summed E-state index contributed by atoms with van der Waals surface area (Å²) >= 11 is 0. The summed E-state index contributed by atoms with van der Waals surface area (Å²) in [6, 6.07) is -4.06. The van der Waals surface area contributed by atoms with Crippen molar-refractivity contribution in [1.29, 1.82) is 0 Å². The summed E-state index contributed by atoms with van der Waals surface area (Å²) in [5.41, 5.74) is 33.8. The van der Waals surface area contributed by atoms with Gasteiger partial charge in [-0.3, -0.25) is 57.9 Å². The molecule has 0 unspecified atom stereocenters. The van der Waals surface area contributed by atoms with Crippen molar-refractivity contribution in [1.82, 2.24) is 47.9 Å². The van der Waals surface area contributed by atoms with Gasteiger partial charge < -0.3 is 97.6 Å². The lowest BCUT2D eigenvalue weighted by atomic mass is 10.0. The monoisotopic (exact) mass is 1180 g/mol. The molecule has 83 heavy (non-hydrogen) atoms. The molecule has 0 radical (unpaired) electrons. The number of carbonyl (C=O) groups is 11. The van der Waals surface area contributed by atoms with E-state index in [9.17, 15) is 68.1 Å². The zero-order valence-corrected chi connectivity index (χ0v) is 47.9. The van der Waals surface area contributed by atoms with Crippen LogP contribution in [0.25, 0.3) is 0 Å².